The van der Waals surface area contributed by atoms with Crippen molar-refractivity contribution >= 4 is 21.6 Å². The van der Waals surface area contributed by atoms with E-state index in [4.69, 9.17) is 14.2 Å². The summed E-state index contributed by atoms with van der Waals surface area (Å²) in [6.45, 7) is 1.79. The number of aryl methyl sites for hydroxylation is 1. The van der Waals surface area contributed by atoms with Crippen LogP contribution in [0.25, 0.3) is 0 Å². The predicted molar refractivity (Wildman–Crippen MR) is 123 cm³/mol. The molecule has 1 heterocycles. The zero-order valence-corrected chi connectivity index (χ0v) is 19.3. The number of ether oxygens (including phenoxy) is 3. The van der Waals surface area contributed by atoms with E-state index in [-0.39, 0.29) is 23.8 Å². The van der Waals surface area contributed by atoms with Crippen LogP contribution in [-0.2, 0) is 14.8 Å². The highest BCUT2D eigenvalue weighted by atomic mass is 32.2. The highest BCUT2D eigenvalue weighted by Crippen LogP contribution is 2.29. The molecule has 0 saturated carbocycles. The van der Waals surface area contributed by atoms with E-state index in [1.807, 2.05) is 6.92 Å². The average Bonchev–Trinajstić information content (AvgIpc) is 2.81. The second-order valence-corrected chi connectivity index (χ2v) is 8.75. The van der Waals surface area contributed by atoms with Crippen molar-refractivity contribution in [2.75, 3.05) is 26.1 Å². The Hall–Kier alpha value is -3.63. The molecule has 0 aliphatic carbocycles. The lowest BCUT2D eigenvalue weighted by Crippen LogP contribution is -2.27. The molecule has 1 aromatic heterocycles. The van der Waals surface area contributed by atoms with Gasteiger partial charge in [0.1, 0.15) is 11.5 Å². The third kappa shape index (κ3) is 6.43. The maximum atomic E-state index is 12.5. The largest absolute Gasteiger partial charge is 0.493 e. The maximum absolute atomic E-state index is 12.5. The van der Waals surface area contributed by atoms with Crippen LogP contribution in [0.15, 0.2) is 65.8 Å². The first-order chi connectivity index (χ1) is 15.8. The molecule has 1 amide bonds. The Morgan fingerprint density at radius 1 is 1.00 bits per heavy atom. The number of hydrogen-bond donors (Lipinski definition) is 2. The number of amides is 1. The number of nitrogens with one attached hydrogen (secondary N) is 2. The first-order valence-electron chi connectivity index (χ1n) is 10.0. The van der Waals surface area contributed by atoms with Gasteiger partial charge in [-0.25, -0.2) is 13.1 Å². The SMILES string of the molecule is COc1ccc(S(=O)(=O)NCCC(=O)Nc2ccc(Oc3cccnc3)c(C)c2)cc1OC. The van der Waals surface area contributed by atoms with E-state index in [1.165, 1.54) is 32.4 Å². The van der Waals surface area contributed by atoms with Gasteiger partial charge in [0.15, 0.2) is 11.5 Å². The van der Waals surface area contributed by atoms with Crippen molar-refractivity contribution in [2.45, 2.75) is 18.2 Å². The van der Waals surface area contributed by atoms with E-state index in [0.717, 1.165) is 5.56 Å². The molecular weight excluding hydrogens is 446 g/mol. The van der Waals surface area contributed by atoms with Gasteiger partial charge in [0.25, 0.3) is 0 Å². The van der Waals surface area contributed by atoms with Gasteiger partial charge in [0.05, 0.1) is 25.3 Å². The number of nitrogens with zero attached hydrogens (tertiary/aromatic N) is 1. The van der Waals surface area contributed by atoms with Gasteiger partial charge in [-0.15, -0.1) is 0 Å². The molecule has 0 bridgehead atoms. The number of carbonyl (C=O) groups excluding carboxylic acids is 1. The first-order valence-corrected chi connectivity index (χ1v) is 11.5. The lowest BCUT2D eigenvalue weighted by Gasteiger charge is -2.12. The quantitative estimate of drug-likeness (QED) is 0.465. The van der Waals surface area contributed by atoms with Crippen LogP contribution in [0.1, 0.15) is 12.0 Å². The summed E-state index contributed by atoms with van der Waals surface area (Å²) < 4.78 is 43.5. The van der Waals surface area contributed by atoms with Gasteiger partial charge < -0.3 is 19.5 Å². The summed E-state index contributed by atoms with van der Waals surface area (Å²) in [7, 11) is -0.930. The van der Waals surface area contributed by atoms with Crippen LogP contribution in [-0.4, -0.2) is 40.1 Å². The number of anilines is 1. The van der Waals surface area contributed by atoms with Gasteiger partial charge in [-0.05, 0) is 55.0 Å². The number of hydrogen-bond acceptors (Lipinski definition) is 7. The summed E-state index contributed by atoms with van der Waals surface area (Å²) >= 11 is 0. The Morgan fingerprint density at radius 3 is 2.42 bits per heavy atom. The lowest BCUT2D eigenvalue weighted by molar-refractivity contribution is -0.116. The summed E-state index contributed by atoms with van der Waals surface area (Å²) in [5.74, 6) is 1.64. The molecule has 0 aliphatic rings. The molecule has 3 aromatic rings. The van der Waals surface area contributed by atoms with Crippen molar-refractivity contribution in [1.29, 1.82) is 0 Å². The lowest BCUT2D eigenvalue weighted by atomic mass is 10.2. The van der Waals surface area contributed by atoms with Gasteiger partial charge in [-0.3, -0.25) is 9.78 Å². The molecule has 9 nitrogen and oxygen atoms in total. The third-order valence-corrected chi connectivity index (χ3v) is 6.09. The molecule has 2 N–H and O–H groups in total. The number of carbonyl (C=O) groups is 1. The number of rotatable bonds is 10. The van der Waals surface area contributed by atoms with E-state index >= 15 is 0 Å². The van der Waals surface area contributed by atoms with Crippen molar-refractivity contribution in [1.82, 2.24) is 9.71 Å². The summed E-state index contributed by atoms with van der Waals surface area (Å²) in [5, 5.41) is 2.75. The summed E-state index contributed by atoms with van der Waals surface area (Å²) in [5.41, 5.74) is 1.41. The second-order valence-electron chi connectivity index (χ2n) is 6.98. The Morgan fingerprint density at radius 2 is 1.76 bits per heavy atom. The zero-order chi connectivity index (χ0) is 23.8. The molecule has 0 fully saturated rings. The highest BCUT2D eigenvalue weighted by molar-refractivity contribution is 7.89. The molecule has 174 valence electrons. The van der Waals surface area contributed by atoms with Crippen molar-refractivity contribution in [3.8, 4) is 23.0 Å². The molecule has 2 aromatic carbocycles. The molecule has 0 radical (unpaired) electrons. The average molecular weight is 472 g/mol. The normalized spacial score (nSPS) is 11.0. The van der Waals surface area contributed by atoms with E-state index < -0.39 is 10.0 Å². The van der Waals surface area contributed by atoms with Crippen molar-refractivity contribution < 1.29 is 27.4 Å². The number of methoxy groups -OCH3 is 2. The molecule has 10 heteroatoms. The molecule has 33 heavy (non-hydrogen) atoms. The van der Waals surface area contributed by atoms with Crippen molar-refractivity contribution in [3.05, 3.63) is 66.5 Å². The molecule has 0 spiro atoms. The number of aromatic nitrogens is 1. The number of pyridine rings is 1. The van der Waals surface area contributed by atoms with E-state index in [9.17, 15) is 13.2 Å². The summed E-state index contributed by atoms with van der Waals surface area (Å²) in [6.07, 6.45) is 3.23. The van der Waals surface area contributed by atoms with Crippen LogP contribution in [0.5, 0.6) is 23.0 Å². The van der Waals surface area contributed by atoms with E-state index in [0.29, 0.717) is 28.7 Å². The molecule has 0 saturated heterocycles. The van der Waals surface area contributed by atoms with E-state index in [1.54, 1.807) is 42.7 Å². The predicted octanol–water partition coefficient (Wildman–Crippen LogP) is 3.51. The monoisotopic (exact) mass is 471 g/mol. The van der Waals surface area contributed by atoms with Crippen LogP contribution >= 0.6 is 0 Å². The number of sulfonamides is 1. The Labute approximate surface area is 192 Å². The van der Waals surface area contributed by atoms with Crippen molar-refractivity contribution in [3.63, 3.8) is 0 Å². The van der Waals surface area contributed by atoms with Crippen LogP contribution < -0.4 is 24.2 Å². The van der Waals surface area contributed by atoms with Crippen LogP contribution in [0.3, 0.4) is 0 Å². The summed E-state index contributed by atoms with van der Waals surface area (Å²) in [4.78, 5) is 16.3. The minimum Gasteiger partial charge on any atom is -0.493 e. The Balaban J connectivity index is 1.54. The standard InChI is InChI=1S/C23H25N3O6S/c1-16-13-17(6-8-20(16)32-18-5-4-11-24-15-18)26-23(27)10-12-25-33(28,29)19-7-9-21(30-2)22(14-19)31-3/h4-9,11,13-15,25H,10,12H2,1-3H3,(H,26,27). The van der Waals surface area contributed by atoms with Crippen LogP contribution in [0, 0.1) is 6.92 Å². The maximum Gasteiger partial charge on any atom is 0.240 e. The van der Waals surface area contributed by atoms with Gasteiger partial charge >= 0.3 is 0 Å². The fourth-order valence-electron chi connectivity index (χ4n) is 2.97. The zero-order valence-electron chi connectivity index (χ0n) is 18.5. The Bertz CT molecular complexity index is 1220. The molecular formula is C23H25N3O6S. The number of benzene rings is 2. The van der Waals surface area contributed by atoms with Gasteiger partial charge in [0, 0.05) is 30.9 Å². The molecule has 0 unspecified atom stereocenters. The summed E-state index contributed by atoms with van der Waals surface area (Å²) in [6, 6.07) is 13.1. The van der Waals surface area contributed by atoms with Crippen LogP contribution in [0.2, 0.25) is 0 Å². The molecule has 3 rings (SSSR count). The minimum atomic E-state index is -3.82. The smallest absolute Gasteiger partial charge is 0.240 e. The second kappa shape index (κ2) is 10.8. The molecule has 0 aliphatic heterocycles. The fraction of sp³-hybridized carbons (Fsp3) is 0.217. The van der Waals surface area contributed by atoms with Gasteiger partial charge in [-0.1, -0.05) is 0 Å². The van der Waals surface area contributed by atoms with Crippen molar-refractivity contribution in [2.24, 2.45) is 0 Å². The highest BCUT2D eigenvalue weighted by Gasteiger charge is 2.17. The van der Waals surface area contributed by atoms with Crippen LogP contribution in [0.4, 0.5) is 5.69 Å². The first kappa shape index (κ1) is 24.0. The van der Waals surface area contributed by atoms with Gasteiger partial charge in [0.2, 0.25) is 15.9 Å². The minimum absolute atomic E-state index is 0.0142. The topological polar surface area (TPSA) is 116 Å². The third-order valence-electron chi connectivity index (χ3n) is 4.63. The van der Waals surface area contributed by atoms with Gasteiger partial charge in [-0.2, -0.15) is 0 Å². The van der Waals surface area contributed by atoms with E-state index in [2.05, 4.69) is 15.0 Å². The fourth-order valence-corrected chi connectivity index (χ4v) is 4.01. The Kier molecular flexibility index (Phi) is 7.86. The molecule has 0 atom stereocenters.